The van der Waals surface area contributed by atoms with Crippen LogP contribution >= 0.6 is 0 Å². The van der Waals surface area contributed by atoms with Crippen LogP contribution in [-0.2, 0) is 0 Å². The van der Waals surface area contributed by atoms with Crippen molar-refractivity contribution in [3.05, 3.63) is 0 Å². The molecule has 0 radical (unpaired) electrons. The molecule has 0 saturated heterocycles. The van der Waals surface area contributed by atoms with Gasteiger partial charge in [-0.25, -0.2) is 0 Å². The van der Waals surface area contributed by atoms with E-state index in [0.717, 1.165) is 6.54 Å². The van der Waals surface area contributed by atoms with Gasteiger partial charge in [0.15, 0.2) is 0 Å². The summed E-state index contributed by atoms with van der Waals surface area (Å²) >= 11 is 0. The third kappa shape index (κ3) is 9.86. The molecule has 0 aliphatic carbocycles. The molecule has 0 bridgehead atoms. The average molecular weight is 257 g/mol. The second kappa shape index (κ2) is 11.9. The molecule has 0 aromatic rings. The molecular weight excluding hydrogens is 222 g/mol. The zero-order valence-electron chi connectivity index (χ0n) is 13.3. The molecule has 0 fully saturated rings. The molecule has 1 N–H and O–H groups in total. The average Bonchev–Trinajstić information content (AvgIpc) is 2.33. The first kappa shape index (κ1) is 17.9. The van der Waals surface area contributed by atoms with E-state index in [9.17, 15) is 0 Å². The molecule has 0 aromatic carbocycles. The predicted molar refractivity (Wildman–Crippen MR) is 82.3 cm³/mol. The van der Waals surface area contributed by atoms with E-state index in [1.807, 2.05) is 0 Å². The Bertz CT molecular complexity index is 171. The van der Waals surface area contributed by atoms with Crippen LogP contribution in [0.2, 0.25) is 0 Å². The van der Waals surface area contributed by atoms with Crippen molar-refractivity contribution in [3.63, 3.8) is 0 Å². The second-order valence-corrected chi connectivity index (χ2v) is 5.58. The normalized spacial score (nSPS) is 13.5. The molecule has 3 nitrogen and oxygen atoms in total. The quantitative estimate of drug-likeness (QED) is 0.542. The van der Waals surface area contributed by atoms with E-state index in [-0.39, 0.29) is 0 Å². The van der Waals surface area contributed by atoms with Gasteiger partial charge >= 0.3 is 0 Å². The summed E-state index contributed by atoms with van der Waals surface area (Å²) in [6.07, 6.45) is 5.10. The molecule has 0 amide bonds. The minimum atomic E-state index is 0.716. The topological polar surface area (TPSA) is 18.5 Å². The van der Waals surface area contributed by atoms with Crippen molar-refractivity contribution in [2.24, 2.45) is 0 Å². The number of hydrogen-bond acceptors (Lipinski definition) is 3. The smallest absolute Gasteiger partial charge is 0.0112 e. The molecule has 110 valence electrons. The lowest BCUT2D eigenvalue weighted by atomic mass is 10.1. The van der Waals surface area contributed by atoms with E-state index in [2.05, 4.69) is 50.0 Å². The van der Waals surface area contributed by atoms with Gasteiger partial charge in [-0.15, -0.1) is 0 Å². The van der Waals surface area contributed by atoms with E-state index in [1.54, 1.807) is 0 Å². The third-order valence-corrected chi connectivity index (χ3v) is 3.37. The fourth-order valence-corrected chi connectivity index (χ4v) is 2.18. The van der Waals surface area contributed by atoms with E-state index in [1.165, 1.54) is 51.9 Å². The lowest BCUT2D eigenvalue weighted by molar-refractivity contribution is 0.179. The van der Waals surface area contributed by atoms with Crippen LogP contribution in [0.4, 0.5) is 0 Å². The van der Waals surface area contributed by atoms with Gasteiger partial charge in [0.1, 0.15) is 0 Å². The lowest BCUT2D eigenvalue weighted by Crippen LogP contribution is -2.39. The Kier molecular flexibility index (Phi) is 11.9. The number of hydrogen-bond donors (Lipinski definition) is 1. The lowest BCUT2D eigenvalue weighted by Gasteiger charge is -2.30. The highest BCUT2D eigenvalue weighted by molar-refractivity contribution is 4.68. The maximum atomic E-state index is 3.48. The van der Waals surface area contributed by atoms with Crippen molar-refractivity contribution in [1.29, 1.82) is 0 Å². The molecule has 0 saturated carbocycles. The highest BCUT2D eigenvalue weighted by Gasteiger charge is 2.12. The van der Waals surface area contributed by atoms with Gasteiger partial charge in [-0.1, -0.05) is 13.8 Å². The van der Waals surface area contributed by atoms with Crippen LogP contribution in [0.15, 0.2) is 0 Å². The summed E-state index contributed by atoms with van der Waals surface area (Å²) in [6.45, 7) is 12.8. The zero-order valence-corrected chi connectivity index (χ0v) is 13.3. The minimum absolute atomic E-state index is 0.716. The van der Waals surface area contributed by atoms with Crippen molar-refractivity contribution in [2.45, 2.75) is 52.5 Å². The molecule has 1 atom stereocenters. The summed E-state index contributed by atoms with van der Waals surface area (Å²) < 4.78 is 0. The summed E-state index contributed by atoms with van der Waals surface area (Å²) in [5.41, 5.74) is 0. The van der Waals surface area contributed by atoms with Crippen LogP contribution in [0, 0.1) is 0 Å². The van der Waals surface area contributed by atoms with Gasteiger partial charge in [0.05, 0.1) is 0 Å². The second-order valence-electron chi connectivity index (χ2n) is 5.58. The largest absolute Gasteiger partial charge is 0.317 e. The highest BCUT2D eigenvalue weighted by atomic mass is 15.2. The molecule has 0 spiro atoms. The Labute approximate surface area is 115 Å². The third-order valence-electron chi connectivity index (χ3n) is 3.37. The molecule has 18 heavy (non-hydrogen) atoms. The van der Waals surface area contributed by atoms with Crippen molar-refractivity contribution in [3.8, 4) is 0 Å². The van der Waals surface area contributed by atoms with Crippen LogP contribution < -0.4 is 5.32 Å². The fourth-order valence-electron chi connectivity index (χ4n) is 2.18. The molecule has 0 aliphatic rings. The van der Waals surface area contributed by atoms with Gasteiger partial charge in [0.2, 0.25) is 0 Å². The van der Waals surface area contributed by atoms with E-state index >= 15 is 0 Å². The summed E-state index contributed by atoms with van der Waals surface area (Å²) in [5, 5.41) is 3.48. The van der Waals surface area contributed by atoms with Crippen molar-refractivity contribution in [1.82, 2.24) is 15.1 Å². The fraction of sp³-hybridized carbons (Fsp3) is 1.00. The molecular formula is C15H35N3. The van der Waals surface area contributed by atoms with Gasteiger partial charge in [-0.05, 0) is 66.3 Å². The number of nitrogens with zero attached hydrogens (tertiary/aromatic N) is 2. The van der Waals surface area contributed by atoms with Gasteiger partial charge in [-0.3, -0.25) is 4.90 Å². The van der Waals surface area contributed by atoms with Crippen LogP contribution in [-0.4, -0.2) is 62.7 Å². The Morgan fingerprint density at radius 3 is 2.22 bits per heavy atom. The maximum Gasteiger partial charge on any atom is 0.0112 e. The summed E-state index contributed by atoms with van der Waals surface area (Å²) in [6, 6.07) is 0.716. The first-order valence-corrected chi connectivity index (χ1v) is 7.71. The summed E-state index contributed by atoms with van der Waals surface area (Å²) in [7, 11) is 4.31. The Morgan fingerprint density at radius 2 is 1.67 bits per heavy atom. The standard InChI is InChI=1S/C15H35N3/c1-6-10-16-11-8-9-15(3)18(12-7-2)14-13-17(4)5/h15-16H,6-14H2,1-5H3. The number of likely N-dealkylation sites (N-methyl/N-ethyl adjacent to an activating group) is 1. The number of rotatable bonds is 12. The van der Waals surface area contributed by atoms with E-state index < -0.39 is 0 Å². The van der Waals surface area contributed by atoms with E-state index in [4.69, 9.17) is 0 Å². The van der Waals surface area contributed by atoms with Crippen molar-refractivity contribution in [2.75, 3.05) is 46.8 Å². The van der Waals surface area contributed by atoms with Crippen molar-refractivity contribution >= 4 is 0 Å². The van der Waals surface area contributed by atoms with Crippen LogP contribution in [0.3, 0.4) is 0 Å². The van der Waals surface area contributed by atoms with Gasteiger partial charge < -0.3 is 10.2 Å². The summed E-state index contributed by atoms with van der Waals surface area (Å²) in [5.74, 6) is 0. The van der Waals surface area contributed by atoms with Gasteiger partial charge in [0.25, 0.3) is 0 Å². The molecule has 0 aromatic heterocycles. The van der Waals surface area contributed by atoms with E-state index in [0.29, 0.717) is 6.04 Å². The minimum Gasteiger partial charge on any atom is -0.317 e. The first-order valence-electron chi connectivity index (χ1n) is 7.71. The van der Waals surface area contributed by atoms with Crippen LogP contribution in [0.25, 0.3) is 0 Å². The SMILES string of the molecule is CCCNCCCC(C)N(CCC)CCN(C)C. The van der Waals surface area contributed by atoms with Crippen LogP contribution in [0.5, 0.6) is 0 Å². The Morgan fingerprint density at radius 1 is 0.944 bits per heavy atom. The summed E-state index contributed by atoms with van der Waals surface area (Å²) in [4.78, 5) is 4.91. The molecule has 0 rings (SSSR count). The number of nitrogens with one attached hydrogen (secondary N) is 1. The van der Waals surface area contributed by atoms with Crippen LogP contribution in [0.1, 0.15) is 46.5 Å². The van der Waals surface area contributed by atoms with Gasteiger partial charge in [0, 0.05) is 19.1 Å². The molecule has 1 unspecified atom stereocenters. The molecule has 0 aliphatic heterocycles. The maximum absolute atomic E-state index is 3.48. The highest BCUT2D eigenvalue weighted by Crippen LogP contribution is 2.07. The Hall–Kier alpha value is -0.120. The molecule has 0 heterocycles. The Balaban J connectivity index is 3.79. The predicted octanol–water partition coefficient (Wildman–Crippen LogP) is 2.43. The first-order chi connectivity index (χ1) is 8.61. The van der Waals surface area contributed by atoms with Gasteiger partial charge in [-0.2, -0.15) is 0 Å². The molecule has 3 heteroatoms. The monoisotopic (exact) mass is 257 g/mol. The van der Waals surface area contributed by atoms with Crippen molar-refractivity contribution < 1.29 is 0 Å². The zero-order chi connectivity index (χ0) is 13.8.